The molecule has 0 aromatic heterocycles. The molecule has 0 aliphatic heterocycles. The molecule has 0 amide bonds. The van der Waals surface area contributed by atoms with Crippen LogP contribution in [0.15, 0.2) is 17.0 Å². The number of rotatable bonds is 5. The molecule has 21 heavy (non-hydrogen) atoms. The Morgan fingerprint density at radius 1 is 1.29 bits per heavy atom. The maximum atomic E-state index is 12.2. The van der Waals surface area contributed by atoms with Crippen LogP contribution in [-0.2, 0) is 16.6 Å². The Kier molecular flexibility index (Phi) is 5.91. The van der Waals surface area contributed by atoms with Crippen LogP contribution in [0, 0.1) is 0 Å². The predicted molar refractivity (Wildman–Crippen MR) is 72.9 cm³/mol. The minimum absolute atomic E-state index is 0.00578. The molecule has 10 heteroatoms. The molecule has 0 unspecified atom stereocenters. The Labute approximate surface area is 130 Å². The van der Waals surface area contributed by atoms with E-state index in [1.165, 1.54) is 6.07 Å². The van der Waals surface area contributed by atoms with E-state index in [2.05, 4.69) is 0 Å². The summed E-state index contributed by atoms with van der Waals surface area (Å²) in [6.07, 6.45) is -5.76. The Balaban J connectivity index is 3.16. The second kappa shape index (κ2) is 6.70. The van der Waals surface area contributed by atoms with Crippen molar-refractivity contribution in [3.05, 3.63) is 27.7 Å². The van der Waals surface area contributed by atoms with Gasteiger partial charge in [-0.05, 0) is 17.7 Å². The molecule has 4 nitrogen and oxygen atoms in total. The normalized spacial score (nSPS) is 13.0. The molecule has 0 saturated carbocycles. The molecule has 120 valence electrons. The SMILES string of the molecule is CN(CCC(F)(F)F)S(=O)(=O)c1cc(Cl)cc(CO)c1Cl. The topological polar surface area (TPSA) is 57.6 Å². The zero-order valence-corrected chi connectivity index (χ0v) is 13.1. The molecule has 1 aromatic carbocycles. The Hall–Kier alpha value is -0.540. The van der Waals surface area contributed by atoms with Gasteiger partial charge >= 0.3 is 6.18 Å². The van der Waals surface area contributed by atoms with E-state index in [4.69, 9.17) is 28.3 Å². The second-order valence-corrected chi connectivity index (χ2v) is 7.05. The van der Waals surface area contributed by atoms with Gasteiger partial charge in [0.05, 0.1) is 18.1 Å². The summed E-state index contributed by atoms with van der Waals surface area (Å²) < 4.78 is 61.5. The number of benzene rings is 1. The standard InChI is InChI=1S/C11H12Cl2F3NO3S/c1-17(3-2-11(14,15)16)21(19,20)9-5-8(12)4-7(6-18)10(9)13/h4-5,18H,2-3,6H2,1H3. The van der Waals surface area contributed by atoms with Gasteiger partial charge in [-0.2, -0.15) is 13.2 Å². The molecule has 0 spiro atoms. The molecule has 0 bridgehead atoms. The van der Waals surface area contributed by atoms with Crippen molar-refractivity contribution >= 4 is 33.2 Å². The van der Waals surface area contributed by atoms with Crippen molar-refractivity contribution in [3.8, 4) is 0 Å². The number of sulfonamides is 1. The summed E-state index contributed by atoms with van der Waals surface area (Å²) in [5.74, 6) is 0. The maximum absolute atomic E-state index is 12.2. The lowest BCUT2D eigenvalue weighted by atomic mass is 10.2. The average molecular weight is 366 g/mol. The van der Waals surface area contributed by atoms with Gasteiger partial charge in [0, 0.05) is 18.6 Å². The van der Waals surface area contributed by atoms with Gasteiger partial charge in [-0.3, -0.25) is 0 Å². The van der Waals surface area contributed by atoms with E-state index in [1.54, 1.807) is 0 Å². The molecular formula is C11H12Cl2F3NO3S. The first-order valence-electron chi connectivity index (χ1n) is 5.61. The highest BCUT2D eigenvalue weighted by atomic mass is 35.5. The molecular weight excluding hydrogens is 354 g/mol. The quantitative estimate of drug-likeness (QED) is 0.872. The summed E-state index contributed by atoms with van der Waals surface area (Å²) in [5.41, 5.74) is 0.0759. The van der Waals surface area contributed by atoms with E-state index in [0.717, 1.165) is 13.1 Å². The average Bonchev–Trinajstić information content (AvgIpc) is 2.36. The largest absolute Gasteiger partial charge is 0.392 e. The highest BCUT2D eigenvalue weighted by Crippen LogP contribution is 2.31. The van der Waals surface area contributed by atoms with Gasteiger partial charge in [0.15, 0.2) is 0 Å². The molecule has 0 radical (unpaired) electrons. The number of hydrogen-bond donors (Lipinski definition) is 1. The fourth-order valence-corrected chi connectivity index (χ4v) is 3.56. The second-order valence-electron chi connectivity index (χ2n) is 4.23. The molecule has 0 aliphatic rings. The third kappa shape index (κ3) is 4.72. The monoisotopic (exact) mass is 365 g/mol. The van der Waals surface area contributed by atoms with Crippen LogP contribution in [0.4, 0.5) is 13.2 Å². The first-order valence-corrected chi connectivity index (χ1v) is 7.80. The van der Waals surface area contributed by atoms with Crippen LogP contribution in [0.2, 0.25) is 10.0 Å². The zero-order chi connectivity index (χ0) is 16.4. The molecule has 0 atom stereocenters. The lowest BCUT2D eigenvalue weighted by Crippen LogP contribution is -2.31. The van der Waals surface area contributed by atoms with Gasteiger partial charge in [-0.25, -0.2) is 12.7 Å². The molecule has 1 rings (SSSR count). The fourth-order valence-electron chi connectivity index (χ4n) is 1.49. The van der Waals surface area contributed by atoms with Crippen LogP contribution >= 0.6 is 23.2 Å². The number of aliphatic hydroxyl groups excluding tert-OH is 1. The minimum Gasteiger partial charge on any atom is -0.392 e. The van der Waals surface area contributed by atoms with Crippen molar-refractivity contribution in [2.45, 2.75) is 24.1 Å². The van der Waals surface area contributed by atoms with Gasteiger partial charge in [-0.15, -0.1) is 0 Å². The maximum Gasteiger partial charge on any atom is 0.390 e. The van der Waals surface area contributed by atoms with E-state index in [0.29, 0.717) is 4.31 Å². The number of hydrogen-bond acceptors (Lipinski definition) is 3. The van der Waals surface area contributed by atoms with E-state index < -0.39 is 40.7 Å². The van der Waals surface area contributed by atoms with Crippen LogP contribution in [0.1, 0.15) is 12.0 Å². The summed E-state index contributed by atoms with van der Waals surface area (Å²) >= 11 is 11.6. The number of halogens is 5. The van der Waals surface area contributed by atoms with Gasteiger partial charge in [-0.1, -0.05) is 23.2 Å². The first-order chi connectivity index (χ1) is 9.49. The molecule has 0 fully saturated rings. The Bertz CT molecular complexity index is 620. The van der Waals surface area contributed by atoms with E-state index in [9.17, 15) is 21.6 Å². The van der Waals surface area contributed by atoms with Crippen molar-refractivity contribution in [3.63, 3.8) is 0 Å². The highest BCUT2D eigenvalue weighted by Gasteiger charge is 2.31. The fraction of sp³-hybridized carbons (Fsp3) is 0.455. The van der Waals surface area contributed by atoms with Gasteiger partial charge in [0.2, 0.25) is 10.0 Å². The van der Waals surface area contributed by atoms with Crippen LogP contribution in [0.5, 0.6) is 0 Å². The third-order valence-electron chi connectivity index (χ3n) is 2.65. The van der Waals surface area contributed by atoms with Crippen molar-refractivity contribution < 1.29 is 26.7 Å². The summed E-state index contributed by atoms with van der Waals surface area (Å²) in [7, 11) is -3.23. The van der Waals surface area contributed by atoms with E-state index >= 15 is 0 Å². The van der Waals surface area contributed by atoms with Crippen LogP contribution in [0.25, 0.3) is 0 Å². The smallest absolute Gasteiger partial charge is 0.390 e. The lowest BCUT2D eigenvalue weighted by Gasteiger charge is -2.19. The minimum atomic E-state index is -4.47. The summed E-state index contributed by atoms with van der Waals surface area (Å²) in [5, 5.41) is 8.82. The van der Waals surface area contributed by atoms with Crippen LogP contribution < -0.4 is 0 Å². The Morgan fingerprint density at radius 3 is 2.33 bits per heavy atom. The molecule has 0 aliphatic carbocycles. The van der Waals surface area contributed by atoms with Crippen molar-refractivity contribution in [2.75, 3.05) is 13.6 Å². The molecule has 1 N–H and O–H groups in total. The number of nitrogens with zero attached hydrogens (tertiary/aromatic N) is 1. The van der Waals surface area contributed by atoms with E-state index in [-0.39, 0.29) is 15.6 Å². The number of alkyl halides is 3. The van der Waals surface area contributed by atoms with Gasteiger partial charge < -0.3 is 5.11 Å². The summed E-state index contributed by atoms with van der Waals surface area (Å²) in [4.78, 5) is -0.439. The molecule has 0 heterocycles. The van der Waals surface area contributed by atoms with Crippen molar-refractivity contribution in [2.24, 2.45) is 0 Å². The van der Waals surface area contributed by atoms with E-state index in [1.807, 2.05) is 0 Å². The molecule has 1 aromatic rings. The summed E-state index contributed by atoms with van der Waals surface area (Å²) in [6.45, 7) is -1.29. The predicted octanol–water partition coefficient (Wildman–Crippen LogP) is 3.06. The third-order valence-corrected chi connectivity index (χ3v) is 5.31. The number of aliphatic hydroxyl groups is 1. The first kappa shape index (κ1) is 18.5. The Morgan fingerprint density at radius 2 is 1.86 bits per heavy atom. The van der Waals surface area contributed by atoms with Crippen molar-refractivity contribution in [1.29, 1.82) is 0 Å². The van der Waals surface area contributed by atoms with Gasteiger partial charge in [0.1, 0.15) is 4.90 Å². The summed E-state index contributed by atoms with van der Waals surface area (Å²) in [6, 6.07) is 2.31. The van der Waals surface area contributed by atoms with Gasteiger partial charge in [0.25, 0.3) is 0 Å². The van der Waals surface area contributed by atoms with Crippen LogP contribution in [0.3, 0.4) is 0 Å². The van der Waals surface area contributed by atoms with Crippen LogP contribution in [-0.4, -0.2) is 37.6 Å². The lowest BCUT2D eigenvalue weighted by molar-refractivity contribution is -0.135. The van der Waals surface area contributed by atoms with Crippen molar-refractivity contribution in [1.82, 2.24) is 4.31 Å². The zero-order valence-electron chi connectivity index (χ0n) is 10.8. The highest BCUT2D eigenvalue weighted by molar-refractivity contribution is 7.89. The molecule has 0 saturated heterocycles.